The Morgan fingerprint density at radius 2 is 1.85 bits per heavy atom. The predicted octanol–water partition coefficient (Wildman–Crippen LogP) is 4.96. The van der Waals surface area contributed by atoms with Gasteiger partial charge in [-0.25, -0.2) is 0 Å². The Kier molecular flexibility index (Phi) is 2.62. The molecule has 1 saturated carbocycles. The Bertz CT molecular complexity index is 793. The first-order valence-electron chi connectivity index (χ1n) is 7.26. The van der Waals surface area contributed by atoms with Crippen LogP contribution < -0.4 is 0 Å². The highest BCUT2D eigenvalue weighted by atomic mass is 16.3. The summed E-state index contributed by atoms with van der Waals surface area (Å²) in [6, 6.07) is 13.8. The first-order valence-corrected chi connectivity index (χ1v) is 7.26. The van der Waals surface area contributed by atoms with Crippen LogP contribution in [0.2, 0.25) is 0 Å². The van der Waals surface area contributed by atoms with Crippen molar-refractivity contribution in [3.05, 3.63) is 48.0 Å². The third-order valence-electron chi connectivity index (χ3n) is 4.40. The Hall–Kier alpha value is -2.09. The third-order valence-corrected chi connectivity index (χ3v) is 4.40. The first-order chi connectivity index (χ1) is 9.81. The van der Waals surface area contributed by atoms with Gasteiger partial charge >= 0.3 is 0 Å². The number of carbonyl (C=O) groups is 1. The Morgan fingerprint density at radius 1 is 1.05 bits per heavy atom. The van der Waals surface area contributed by atoms with E-state index in [1.165, 1.54) is 19.3 Å². The van der Waals surface area contributed by atoms with Gasteiger partial charge in [0.1, 0.15) is 11.2 Å². The average Bonchev–Trinajstić information content (AvgIpc) is 2.80. The summed E-state index contributed by atoms with van der Waals surface area (Å²) in [7, 11) is 0. The second kappa shape index (κ2) is 4.48. The van der Waals surface area contributed by atoms with Crippen molar-refractivity contribution < 1.29 is 9.21 Å². The molecular weight excluding hydrogens is 248 g/mol. The molecule has 0 amide bonds. The average molecular weight is 264 g/mol. The smallest absolute Gasteiger partial charge is 0.163 e. The highest BCUT2D eigenvalue weighted by molar-refractivity contribution is 6.08. The second-order valence-electron chi connectivity index (χ2n) is 5.73. The van der Waals surface area contributed by atoms with Gasteiger partial charge in [-0.15, -0.1) is 0 Å². The number of benzene rings is 2. The molecule has 0 N–H and O–H groups in total. The van der Waals surface area contributed by atoms with Crippen molar-refractivity contribution >= 4 is 27.7 Å². The quantitative estimate of drug-likeness (QED) is 0.626. The van der Waals surface area contributed by atoms with E-state index in [-0.39, 0.29) is 5.78 Å². The number of fused-ring (bicyclic) bond motifs is 3. The van der Waals surface area contributed by atoms with Gasteiger partial charge in [-0.1, -0.05) is 37.5 Å². The molecule has 0 unspecified atom stereocenters. The molecule has 1 aromatic heterocycles. The van der Waals surface area contributed by atoms with E-state index in [0.717, 1.165) is 27.5 Å². The number of rotatable bonds is 3. The fourth-order valence-corrected chi connectivity index (χ4v) is 2.98. The number of carbonyl (C=O) groups excluding carboxylic acids is 1. The monoisotopic (exact) mass is 264 g/mol. The van der Waals surface area contributed by atoms with Crippen LogP contribution in [0, 0.1) is 5.92 Å². The largest absolute Gasteiger partial charge is 0.456 e. The van der Waals surface area contributed by atoms with Crippen LogP contribution in [-0.4, -0.2) is 5.78 Å². The van der Waals surface area contributed by atoms with E-state index in [2.05, 4.69) is 0 Å². The minimum atomic E-state index is 0.266. The van der Waals surface area contributed by atoms with Crippen molar-refractivity contribution in [3.8, 4) is 0 Å². The zero-order valence-corrected chi connectivity index (χ0v) is 11.3. The van der Waals surface area contributed by atoms with Crippen LogP contribution >= 0.6 is 0 Å². The maximum atomic E-state index is 12.3. The molecule has 1 aliphatic rings. The molecule has 3 aromatic rings. The van der Waals surface area contributed by atoms with Gasteiger partial charge in [0, 0.05) is 22.8 Å². The van der Waals surface area contributed by atoms with E-state index in [0.29, 0.717) is 12.3 Å². The summed E-state index contributed by atoms with van der Waals surface area (Å²) in [5.74, 6) is 0.876. The zero-order valence-electron chi connectivity index (χ0n) is 11.3. The number of hydrogen-bond acceptors (Lipinski definition) is 2. The van der Waals surface area contributed by atoms with E-state index in [1.54, 1.807) is 0 Å². The summed E-state index contributed by atoms with van der Waals surface area (Å²) >= 11 is 0. The molecule has 0 atom stereocenters. The van der Waals surface area contributed by atoms with Gasteiger partial charge in [0.2, 0.25) is 0 Å². The number of ketones is 1. The van der Waals surface area contributed by atoms with Gasteiger partial charge in [-0.05, 0) is 30.2 Å². The predicted molar refractivity (Wildman–Crippen MR) is 80.0 cm³/mol. The number of furan rings is 1. The maximum absolute atomic E-state index is 12.3. The topological polar surface area (TPSA) is 30.2 Å². The molecule has 1 fully saturated rings. The van der Waals surface area contributed by atoms with Crippen molar-refractivity contribution in [1.82, 2.24) is 0 Å². The summed E-state index contributed by atoms with van der Waals surface area (Å²) in [5, 5.41) is 2.13. The van der Waals surface area contributed by atoms with Gasteiger partial charge in [0.05, 0.1) is 0 Å². The van der Waals surface area contributed by atoms with Gasteiger partial charge in [0.15, 0.2) is 5.78 Å². The normalized spacial score (nSPS) is 15.6. The Balaban J connectivity index is 1.76. The molecule has 2 aromatic carbocycles. The highest BCUT2D eigenvalue weighted by Gasteiger charge is 2.21. The fraction of sp³-hybridized carbons (Fsp3) is 0.278. The van der Waals surface area contributed by atoms with Crippen LogP contribution in [0.1, 0.15) is 36.0 Å². The Labute approximate surface area is 117 Å². The minimum Gasteiger partial charge on any atom is -0.456 e. The number of Topliss-reactive ketones (excluding diaryl/α,β-unsaturated/α-hetero) is 1. The summed E-state index contributed by atoms with van der Waals surface area (Å²) in [6.45, 7) is 0. The lowest BCUT2D eigenvalue weighted by Crippen LogP contribution is -2.15. The molecule has 0 spiro atoms. The van der Waals surface area contributed by atoms with E-state index < -0.39 is 0 Å². The van der Waals surface area contributed by atoms with Gasteiger partial charge in [-0.3, -0.25) is 4.79 Å². The van der Waals surface area contributed by atoms with E-state index in [9.17, 15) is 4.79 Å². The molecule has 4 rings (SSSR count). The molecule has 2 nitrogen and oxygen atoms in total. The number of hydrogen-bond donors (Lipinski definition) is 0. The zero-order chi connectivity index (χ0) is 13.5. The lowest BCUT2D eigenvalue weighted by atomic mass is 9.81. The summed E-state index contributed by atoms with van der Waals surface area (Å²) in [4.78, 5) is 12.3. The molecule has 0 aliphatic heterocycles. The van der Waals surface area contributed by atoms with Crippen molar-refractivity contribution in [2.75, 3.05) is 0 Å². The standard InChI is InChI=1S/C18H16O2/c19-16(10-12-4-3-5-12)13-8-9-18-15(11-13)14-6-1-2-7-17(14)20-18/h1-2,6-9,11-12H,3-5,10H2. The van der Waals surface area contributed by atoms with Crippen LogP contribution in [0.5, 0.6) is 0 Å². The lowest BCUT2D eigenvalue weighted by Gasteiger charge is -2.24. The van der Waals surface area contributed by atoms with Crippen LogP contribution in [0.3, 0.4) is 0 Å². The van der Waals surface area contributed by atoms with Crippen LogP contribution in [-0.2, 0) is 0 Å². The fourth-order valence-electron chi connectivity index (χ4n) is 2.98. The molecule has 2 heteroatoms. The molecule has 0 radical (unpaired) electrons. The lowest BCUT2D eigenvalue weighted by molar-refractivity contribution is 0.0936. The van der Waals surface area contributed by atoms with E-state index in [4.69, 9.17) is 4.42 Å². The molecule has 0 bridgehead atoms. The molecular formula is C18H16O2. The summed E-state index contributed by atoms with van der Waals surface area (Å²) < 4.78 is 5.79. The summed E-state index contributed by atoms with van der Waals surface area (Å²) in [5.41, 5.74) is 2.55. The molecule has 0 saturated heterocycles. The van der Waals surface area contributed by atoms with Gasteiger partial charge in [-0.2, -0.15) is 0 Å². The first kappa shape index (κ1) is 11.7. The number of para-hydroxylation sites is 1. The van der Waals surface area contributed by atoms with E-state index in [1.807, 2.05) is 42.5 Å². The maximum Gasteiger partial charge on any atom is 0.163 e. The molecule has 1 aliphatic carbocycles. The Morgan fingerprint density at radius 3 is 2.65 bits per heavy atom. The second-order valence-corrected chi connectivity index (χ2v) is 5.73. The van der Waals surface area contributed by atoms with Crippen molar-refractivity contribution in [2.24, 2.45) is 5.92 Å². The third kappa shape index (κ3) is 1.83. The SMILES string of the molecule is O=C(CC1CCC1)c1ccc2oc3ccccc3c2c1. The van der Waals surface area contributed by atoms with Crippen molar-refractivity contribution in [1.29, 1.82) is 0 Å². The van der Waals surface area contributed by atoms with Gasteiger partial charge in [0.25, 0.3) is 0 Å². The van der Waals surface area contributed by atoms with Crippen molar-refractivity contribution in [2.45, 2.75) is 25.7 Å². The van der Waals surface area contributed by atoms with Crippen LogP contribution in [0.15, 0.2) is 46.9 Å². The van der Waals surface area contributed by atoms with Crippen molar-refractivity contribution in [3.63, 3.8) is 0 Å². The van der Waals surface area contributed by atoms with Crippen LogP contribution in [0.4, 0.5) is 0 Å². The van der Waals surface area contributed by atoms with Crippen LogP contribution in [0.25, 0.3) is 21.9 Å². The molecule has 1 heterocycles. The summed E-state index contributed by atoms with van der Waals surface area (Å²) in [6.07, 6.45) is 4.40. The van der Waals surface area contributed by atoms with E-state index >= 15 is 0 Å². The highest BCUT2D eigenvalue weighted by Crippen LogP contribution is 2.32. The molecule has 100 valence electrons. The minimum absolute atomic E-state index is 0.266. The van der Waals surface area contributed by atoms with Gasteiger partial charge < -0.3 is 4.42 Å². The molecule has 20 heavy (non-hydrogen) atoms.